The van der Waals surface area contributed by atoms with E-state index < -0.39 is 5.97 Å². The zero-order chi connectivity index (χ0) is 13.8. The van der Waals surface area contributed by atoms with Crippen LogP contribution in [0, 0.1) is 0 Å². The molecule has 0 saturated carbocycles. The van der Waals surface area contributed by atoms with Gasteiger partial charge in [-0.1, -0.05) is 12.1 Å². The van der Waals surface area contributed by atoms with Crippen molar-refractivity contribution in [3.8, 4) is 11.3 Å². The second-order valence-corrected chi connectivity index (χ2v) is 3.90. The summed E-state index contributed by atoms with van der Waals surface area (Å²) in [6.07, 6.45) is 1.30. The summed E-state index contributed by atoms with van der Waals surface area (Å²) in [5, 5.41) is 11.3. The molecule has 0 radical (unpaired) electrons. The fourth-order valence-corrected chi connectivity index (χ4v) is 1.66. The molecule has 0 bridgehead atoms. The van der Waals surface area contributed by atoms with Crippen molar-refractivity contribution in [1.82, 2.24) is 10.3 Å². The summed E-state index contributed by atoms with van der Waals surface area (Å²) in [5.41, 5.74) is 2.05. The highest BCUT2D eigenvalue weighted by Crippen LogP contribution is 2.18. The first-order chi connectivity index (χ1) is 9.11. The van der Waals surface area contributed by atoms with Crippen LogP contribution < -0.4 is 5.32 Å². The van der Waals surface area contributed by atoms with E-state index >= 15 is 0 Å². The van der Waals surface area contributed by atoms with Crippen LogP contribution in [0.3, 0.4) is 0 Å². The number of carbonyl (C=O) groups is 2. The van der Waals surface area contributed by atoms with Crippen LogP contribution in [-0.4, -0.2) is 29.0 Å². The molecule has 1 aromatic heterocycles. The summed E-state index contributed by atoms with van der Waals surface area (Å²) in [7, 11) is 1.56. The largest absolute Gasteiger partial charge is 0.478 e. The number of nitrogens with zero attached hydrogens (tertiary/aromatic N) is 1. The Kier molecular flexibility index (Phi) is 3.56. The van der Waals surface area contributed by atoms with Crippen LogP contribution in [-0.2, 0) is 0 Å². The van der Waals surface area contributed by atoms with Crippen molar-refractivity contribution in [2.75, 3.05) is 7.05 Å². The lowest BCUT2D eigenvalue weighted by Crippen LogP contribution is -2.17. The Balaban J connectivity index is 2.36. The molecule has 1 aromatic carbocycles. The van der Waals surface area contributed by atoms with Gasteiger partial charge < -0.3 is 10.4 Å². The Morgan fingerprint density at radius 3 is 2.53 bits per heavy atom. The molecule has 0 unspecified atom stereocenters. The predicted molar refractivity (Wildman–Crippen MR) is 70.0 cm³/mol. The fraction of sp³-hybridized carbons (Fsp3) is 0.0714. The molecular formula is C14H12N2O3. The number of aromatic nitrogens is 1. The number of hydrogen-bond acceptors (Lipinski definition) is 3. The molecule has 0 fully saturated rings. The summed E-state index contributed by atoms with van der Waals surface area (Å²) in [5.74, 6) is -1.19. The highest BCUT2D eigenvalue weighted by Gasteiger charge is 2.07. The van der Waals surface area contributed by atoms with Crippen molar-refractivity contribution in [2.24, 2.45) is 0 Å². The van der Waals surface area contributed by atoms with E-state index in [1.165, 1.54) is 12.3 Å². The van der Waals surface area contributed by atoms with E-state index in [0.29, 0.717) is 11.3 Å². The smallest absolute Gasteiger partial charge is 0.337 e. The van der Waals surface area contributed by atoms with E-state index in [0.717, 1.165) is 5.56 Å². The molecule has 2 rings (SSSR count). The van der Waals surface area contributed by atoms with E-state index in [9.17, 15) is 9.59 Å². The Morgan fingerprint density at radius 1 is 1.16 bits per heavy atom. The number of amides is 1. The molecule has 1 amide bonds. The maximum atomic E-state index is 11.5. The predicted octanol–water partition coefficient (Wildman–Crippen LogP) is 1.81. The first-order valence-corrected chi connectivity index (χ1v) is 5.63. The Labute approximate surface area is 109 Å². The van der Waals surface area contributed by atoms with Gasteiger partial charge in [0.05, 0.1) is 11.3 Å². The third-order valence-electron chi connectivity index (χ3n) is 2.66. The standard InChI is InChI=1S/C14H12N2O3/c1-15-13(17)10-4-2-3-9(7-10)12-6-5-11(8-16-12)14(18)19/h2-8H,1H3,(H,15,17)(H,18,19). The third kappa shape index (κ3) is 2.77. The molecule has 0 aliphatic heterocycles. The SMILES string of the molecule is CNC(=O)c1cccc(-c2ccc(C(=O)O)cn2)c1. The van der Waals surface area contributed by atoms with Gasteiger partial charge in [-0.2, -0.15) is 0 Å². The van der Waals surface area contributed by atoms with Crippen molar-refractivity contribution in [2.45, 2.75) is 0 Å². The molecule has 5 heteroatoms. The lowest BCUT2D eigenvalue weighted by molar-refractivity contribution is 0.0696. The van der Waals surface area contributed by atoms with E-state index in [1.54, 1.807) is 31.3 Å². The quantitative estimate of drug-likeness (QED) is 0.877. The number of carboxylic acid groups (broad SMARTS) is 1. The molecule has 0 aliphatic carbocycles. The van der Waals surface area contributed by atoms with Gasteiger partial charge in [0.25, 0.3) is 5.91 Å². The number of pyridine rings is 1. The van der Waals surface area contributed by atoms with Gasteiger partial charge in [0.2, 0.25) is 0 Å². The van der Waals surface area contributed by atoms with Crippen molar-refractivity contribution < 1.29 is 14.7 Å². The Hall–Kier alpha value is -2.69. The monoisotopic (exact) mass is 256 g/mol. The average Bonchev–Trinajstić information content (AvgIpc) is 2.46. The zero-order valence-electron chi connectivity index (χ0n) is 10.3. The van der Waals surface area contributed by atoms with Crippen LogP contribution in [0.25, 0.3) is 11.3 Å². The summed E-state index contributed by atoms with van der Waals surface area (Å²) >= 11 is 0. The maximum Gasteiger partial charge on any atom is 0.337 e. The van der Waals surface area contributed by atoms with Crippen LogP contribution in [0.15, 0.2) is 42.6 Å². The minimum absolute atomic E-state index is 0.131. The Bertz CT molecular complexity index is 621. The minimum atomic E-state index is -1.02. The lowest BCUT2D eigenvalue weighted by Gasteiger charge is -2.04. The molecule has 0 atom stereocenters. The van der Waals surface area contributed by atoms with Crippen molar-refractivity contribution in [1.29, 1.82) is 0 Å². The number of benzene rings is 1. The van der Waals surface area contributed by atoms with Crippen LogP contribution in [0.4, 0.5) is 0 Å². The number of nitrogens with one attached hydrogen (secondary N) is 1. The maximum absolute atomic E-state index is 11.5. The molecule has 0 aliphatic rings. The molecule has 96 valence electrons. The van der Waals surface area contributed by atoms with Gasteiger partial charge >= 0.3 is 5.97 Å². The lowest BCUT2D eigenvalue weighted by atomic mass is 10.1. The van der Waals surface area contributed by atoms with Crippen LogP contribution in [0.5, 0.6) is 0 Å². The average molecular weight is 256 g/mol. The summed E-state index contributed by atoms with van der Waals surface area (Å²) in [6.45, 7) is 0. The molecule has 1 heterocycles. The second-order valence-electron chi connectivity index (χ2n) is 3.90. The number of hydrogen-bond donors (Lipinski definition) is 2. The van der Waals surface area contributed by atoms with Crippen molar-refractivity contribution in [3.05, 3.63) is 53.7 Å². The van der Waals surface area contributed by atoms with E-state index in [-0.39, 0.29) is 11.5 Å². The number of carbonyl (C=O) groups excluding carboxylic acids is 1. The number of rotatable bonds is 3. The van der Waals surface area contributed by atoms with Gasteiger partial charge in [-0.25, -0.2) is 4.79 Å². The van der Waals surface area contributed by atoms with Gasteiger partial charge in [-0.05, 0) is 24.3 Å². The molecule has 0 saturated heterocycles. The van der Waals surface area contributed by atoms with Gasteiger partial charge in [0, 0.05) is 24.4 Å². The summed E-state index contributed by atoms with van der Waals surface area (Å²) in [6, 6.07) is 10.1. The molecule has 5 nitrogen and oxygen atoms in total. The normalized spacial score (nSPS) is 9.95. The summed E-state index contributed by atoms with van der Waals surface area (Å²) < 4.78 is 0. The fourth-order valence-electron chi connectivity index (χ4n) is 1.66. The third-order valence-corrected chi connectivity index (χ3v) is 2.66. The van der Waals surface area contributed by atoms with Crippen molar-refractivity contribution >= 4 is 11.9 Å². The van der Waals surface area contributed by atoms with Crippen LogP contribution >= 0.6 is 0 Å². The first-order valence-electron chi connectivity index (χ1n) is 5.63. The topological polar surface area (TPSA) is 79.3 Å². The molecule has 2 N–H and O–H groups in total. The van der Waals surface area contributed by atoms with E-state index in [4.69, 9.17) is 5.11 Å². The van der Waals surface area contributed by atoms with Gasteiger partial charge in [0.15, 0.2) is 0 Å². The van der Waals surface area contributed by atoms with Crippen LogP contribution in [0.1, 0.15) is 20.7 Å². The van der Waals surface area contributed by atoms with Gasteiger partial charge in [0.1, 0.15) is 0 Å². The van der Waals surface area contributed by atoms with Gasteiger partial charge in [-0.15, -0.1) is 0 Å². The van der Waals surface area contributed by atoms with E-state index in [2.05, 4.69) is 10.3 Å². The molecule has 0 spiro atoms. The molecule has 19 heavy (non-hydrogen) atoms. The van der Waals surface area contributed by atoms with E-state index in [1.807, 2.05) is 6.07 Å². The second kappa shape index (κ2) is 5.30. The molecule has 2 aromatic rings. The molecular weight excluding hydrogens is 244 g/mol. The minimum Gasteiger partial charge on any atom is -0.478 e. The first kappa shape index (κ1) is 12.8. The highest BCUT2D eigenvalue weighted by molar-refractivity contribution is 5.95. The zero-order valence-corrected chi connectivity index (χ0v) is 10.3. The summed E-state index contributed by atoms with van der Waals surface area (Å²) in [4.78, 5) is 26.4. The van der Waals surface area contributed by atoms with Crippen molar-refractivity contribution in [3.63, 3.8) is 0 Å². The van der Waals surface area contributed by atoms with Crippen LogP contribution in [0.2, 0.25) is 0 Å². The number of aromatic carboxylic acids is 1. The number of carboxylic acids is 1. The highest BCUT2D eigenvalue weighted by atomic mass is 16.4. The van der Waals surface area contributed by atoms with Gasteiger partial charge in [-0.3, -0.25) is 9.78 Å². The Morgan fingerprint density at radius 2 is 1.95 bits per heavy atom.